The summed E-state index contributed by atoms with van der Waals surface area (Å²) < 4.78 is 16.8. The average Bonchev–Trinajstić information content (AvgIpc) is 0.990. The van der Waals surface area contributed by atoms with Crippen molar-refractivity contribution in [2.75, 3.05) is 19.8 Å². The number of unbranched alkanes of at least 4 members (excludes halogenated alkanes) is 54. The molecule has 0 radical (unpaired) electrons. The summed E-state index contributed by atoms with van der Waals surface area (Å²) in [5, 5.41) is 54.5. The molecule has 0 bridgehead atoms. The third-order valence-corrected chi connectivity index (χ3v) is 19.2. The molecule has 7 unspecified atom stereocenters. The van der Waals surface area contributed by atoms with Crippen LogP contribution in [0.5, 0.6) is 0 Å². The number of ether oxygens (including phenoxy) is 3. The van der Waals surface area contributed by atoms with Gasteiger partial charge in [0.2, 0.25) is 5.91 Å². The normalized spacial score (nSPS) is 17.7. The summed E-state index contributed by atoms with van der Waals surface area (Å²) in [5.41, 5.74) is 0. The summed E-state index contributed by atoms with van der Waals surface area (Å²) in [6.45, 7) is 4.37. The largest absolute Gasteiger partial charge is 0.466 e. The van der Waals surface area contributed by atoms with Gasteiger partial charge >= 0.3 is 5.97 Å². The fourth-order valence-electron chi connectivity index (χ4n) is 12.9. The first kappa shape index (κ1) is 87.9. The van der Waals surface area contributed by atoms with Crippen LogP contribution in [0.4, 0.5) is 0 Å². The van der Waals surface area contributed by atoms with E-state index in [0.717, 1.165) is 51.4 Å². The molecule has 1 amide bonds. The first-order chi connectivity index (χ1) is 45.2. The minimum absolute atomic E-state index is 0.0179. The van der Waals surface area contributed by atoms with Crippen LogP contribution in [0.2, 0.25) is 0 Å². The highest BCUT2D eigenvalue weighted by molar-refractivity contribution is 5.76. The molecular weight excluding hydrogens is 1150 g/mol. The molecule has 1 aliphatic heterocycles. The topological polar surface area (TPSA) is 175 Å². The molecule has 1 aliphatic rings. The van der Waals surface area contributed by atoms with Gasteiger partial charge in [0.15, 0.2) is 6.29 Å². The van der Waals surface area contributed by atoms with Crippen molar-refractivity contribution < 1.29 is 49.3 Å². The molecule has 0 spiro atoms. The van der Waals surface area contributed by atoms with Crippen LogP contribution in [-0.4, -0.2) is 100 Å². The highest BCUT2D eigenvalue weighted by atomic mass is 16.7. The zero-order valence-corrected chi connectivity index (χ0v) is 60.5. The summed E-state index contributed by atoms with van der Waals surface area (Å²) in [7, 11) is 0. The van der Waals surface area contributed by atoms with E-state index in [4.69, 9.17) is 14.2 Å². The Kier molecular flexibility index (Phi) is 67.1. The summed E-state index contributed by atoms with van der Waals surface area (Å²) in [6.07, 6.45) is 81.9. The number of hydrogen-bond donors (Lipinski definition) is 6. The monoisotopic (exact) mass is 1300 g/mol. The smallest absolute Gasteiger partial charge is 0.305 e. The van der Waals surface area contributed by atoms with Gasteiger partial charge in [-0.3, -0.25) is 9.59 Å². The van der Waals surface area contributed by atoms with Gasteiger partial charge in [-0.25, -0.2) is 0 Å². The molecule has 0 saturated carbocycles. The van der Waals surface area contributed by atoms with Crippen molar-refractivity contribution >= 4 is 11.9 Å². The Labute approximate surface area is 568 Å². The van der Waals surface area contributed by atoms with Gasteiger partial charge in [-0.05, 0) is 70.6 Å². The third kappa shape index (κ3) is 58.1. The molecule has 1 rings (SSSR count). The van der Waals surface area contributed by atoms with E-state index in [1.165, 1.54) is 327 Å². The fraction of sp³-hybridized carbons (Fsp3) is 0.901. The Hall–Kier alpha value is -2.12. The van der Waals surface area contributed by atoms with Gasteiger partial charge in [-0.15, -0.1) is 0 Å². The van der Waals surface area contributed by atoms with E-state index in [1.54, 1.807) is 6.08 Å². The molecule has 6 N–H and O–H groups in total. The lowest BCUT2D eigenvalue weighted by atomic mass is 9.99. The van der Waals surface area contributed by atoms with Gasteiger partial charge in [0, 0.05) is 12.8 Å². The Morgan fingerprint density at radius 1 is 0.391 bits per heavy atom. The van der Waals surface area contributed by atoms with E-state index in [9.17, 15) is 35.1 Å². The van der Waals surface area contributed by atoms with E-state index in [2.05, 4.69) is 43.5 Å². The standard InChI is InChI=1S/C81H153NO10/c1-3-5-7-9-11-13-15-44-47-51-55-59-63-67-74(84)73(72-91-81-80(89)79(88)78(87)75(71-83)92-81)82-76(85)68-64-60-56-52-48-45-42-40-38-36-34-32-30-28-26-24-22-20-18-17-19-21-23-25-27-29-31-33-35-37-39-41-43-46-50-54-58-62-66-70-90-77(86)69-65-61-57-53-49-16-14-12-10-8-6-4-2/h17-18,47,51,63,67,73-75,78-81,83-84,87-89H,3-16,19-46,48-50,52-62,64-66,68-72H2,1-2H3,(H,82,85)/b18-17-,51-47+,67-63+. The van der Waals surface area contributed by atoms with Crippen LogP contribution in [0.15, 0.2) is 36.5 Å². The Morgan fingerprint density at radius 2 is 0.707 bits per heavy atom. The van der Waals surface area contributed by atoms with E-state index in [1.807, 2.05) is 6.08 Å². The van der Waals surface area contributed by atoms with Crippen molar-refractivity contribution in [1.82, 2.24) is 5.32 Å². The molecule has 0 aromatic rings. The Bertz CT molecular complexity index is 1620. The number of aliphatic hydroxyl groups is 5. The van der Waals surface area contributed by atoms with Crippen LogP contribution in [-0.2, 0) is 23.8 Å². The number of esters is 1. The number of carbonyl (C=O) groups is 2. The zero-order chi connectivity index (χ0) is 66.5. The van der Waals surface area contributed by atoms with E-state index in [-0.39, 0.29) is 18.5 Å². The zero-order valence-electron chi connectivity index (χ0n) is 60.5. The summed E-state index contributed by atoms with van der Waals surface area (Å²) in [6, 6.07) is -0.824. The minimum Gasteiger partial charge on any atom is -0.466 e. The van der Waals surface area contributed by atoms with E-state index >= 15 is 0 Å². The van der Waals surface area contributed by atoms with E-state index < -0.39 is 49.5 Å². The lowest BCUT2D eigenvalue weighted by Gasteiger charge is -2.40. The second-order valence-electron chi connectivity index (χ2n) is 28.1. The highest BCUT2D eigenvalue weighted by Gasteiger charge is 2.44. The van der Waals surface area contributed by atoms with Crippen molar-refractivity contribution in [3.8, 4) is 0 Å². The fourth-order valence-corrected chi connectivity index (χ4v) is 12.9. The summed E-state index contributed by atoms with van der Waals surface area (Å²) in [4.78, 5) is 25.1. The van der Waals surface area contributed by atoms with Crippen LogP contribution in [0.1, 0.15) is 406 Å². The van der Waals surface area contributed by atoms with Crippen LogP contribution in [0, 0.1) is 0 Å². The first-order valence-corrected chi connectivity index (χ1v) is 40.3. The van der Waals surface area contributed by atoms with Crippen LogP contribution >= 0.6 is 0 Å². The van der Waals surface area contributed by atoms with E-state index in [0.29, 0.717) is 19.4 Å². The predicted molar refractivity (Wildman–Crippen MR) is 389 cm³/mol. The number of amides is 1. The van der Waals surface area contributed by atoms with Crippen molar-refractivity contribution in [2.24, 2.45) is 0 Å². The summed E-state index contributed by atoms with van der Waals surface area (Å²) >= 11 is 0. The van der Waals surface area contributed by atoms with Gasteiger partial charge in [-0.2, -0.15) is 0 Å². The van der Waals surface area contributed by atoms with Crippen molar-refractivity contribution in [3.63, 3.8) is 0 Å². The van der Waals surface area contributed by atoms with Crippen LogP contribution in [0.3, 0.4) is 0 Å². The van der Waals surface area contributed by atoms with Gasteiger partial charge in [0.1, 0.15) is 24.4 Å². The number of rotatable bonds is 72. The SMILES string of the molecule is CCCCCCCCC/C=C/CC/C=C/C(O)C(COC1OC(CO)C(O)C(O)C1O)NC(=O)CCCCCCCCCCCCCCCCCCC/C=C\CCCCCCCCCCCCCCCCCCCCOC(=O)CCCCCCCCCCCCCC. The first-order valence-electron chi connectivity index (χ1n) is 40.3. The summed E-state index contributed by atoms with van der Waals surface area (Å²) in [5.74, 6) is -0.168. The second kappa shape index (κ2) is 70.2. The van der Waals surface area contributed by atoms with Crippen LogP contribution in [0.25, 0.3) is 0 Å². The molecule has 11 nitrogen and oxygen atoms in total. The van der Waals surface area contributed by atoms with Gasteiger partial charge in [0.05, 0.1) is 32.0 Å². The molecule has 0 aromatic carbocycles. The molecule has 0 aliphatic carbocycles. The molecule has 11 heteroatoms. The Morgan fingerprint density at radius 3 is 1.08 bits per heavy atom. The number of aliphatic hydroxyl groups excluding tert-OH is 5. The maximum Gasteiger partial charge on any atom is 0.305 e. The molecule has 92 heavy (non-hydrogen) atoms. The number of carbonyl (C=O) groups excluding carboxylic acids is 2. The Balaban J connectivity index is 1.90. The highest BCUT2D eigenvalue weighted by Crippen LogP contribution is 2.24. The van der Waals surface area contributed by atoms with Crippen LogP contribution < -0.4 is 5.32 Å². The van der Waals surface area contributed by atoms with Crippen molar-refractivity contribution in [3.05, 3.63) is 36.5 Å². The third-order valence-electron chi connectivity index (χ3n) is 19.2. The van der Waals surface area contributed by atoms with Crippen molar-refractivity contribution in [2.45, 2.75) is 448 Å². The quantitative estimate of drug-likeness (QED) is 0.0195. The number of hydrogen-bond acceptors (Lipinski definition) is 10. The number of nitrogens with one attached hydrogen (secondary N) is 1. The maximum atomic E-state index is 13.1. The molecule has 1 heterocycles. The van der Waals surface area contributed by atoms with Gasteiger partial charge < -0.3 is 45.1 Å². The maximum absolute atomic E-state index is 13.1. The molecule has 542 valence electrons. The minimum atomic E-state index is -1.57. The van der Waals surface area contributed by atoms with Gasteiger partial charge in [-0.1, -0.05) is 359 Å². The predicted octanol–water partition coefficient (Wildman–Crippen LogP) is 21.7. The molecule has 0 aromatic heterocycles. The van der Waals surface area contributed by atoms with Crippen molar-refractivity contribution in [1.29, 1.82) is 0 Å². The second-order valence-corrected chi connectivity index (χ2v) is 28.1. The number of allylic oxidation sites excluding steroid dienone is 5. The lowest BCUT2D eigenvalue weighted by molar-refractivity contribution is -0.302. The lowest BCUT2D eigenvalue weighted by Crippen LogP contribution is -2.60. The molecule has 1 saturated heterocycles. The average molecular weight is 1300 g/mol. The molecule has 1 fully saturated rings. The molecule has 7 atom stereocenters. The van der Waals surface area contributed by atoms with Gasteiger partial charge in [0.25, 0.3) is 0 Å². The molecular formula is C81H153NO10.